The second kappa shape index (κ2) is 7.88. The Morgan fingerprint density at radius 3 is 2.42 bits per heavy atom. The molecule has 0 aromatic rings. The molecule has 110 valence electrons. The zero-order valence-corrected chi connectivity index (χ0v) is 12.6. The van der Waals surface area contributed by atoms with Gasteiger partial charge in [0.2, 0.25) is 0 Å². The van der Waals surface area contributed by atoms with Crippen LogP contribution in [0.1, 0.15) is 34.1 Å². The minimum atomic E-state index is -0.527. The van der Waals surface area contributed by atoms with Crippen LogP contribution in [0.4, 0.5) is 9.59 Å². The summed E-state index contributed by atoms with van der Waals surface area (Å²) in [4.78, 5) is 22.7. The molecule has 3 amide bonds. The third kappa shape index (κ3) is 10.2. The summed E-state index contributed by atoms with van der Waals surface area (Å²) in [6.45, 7) is 7.54. The molecule has 0 saturated heterocycles. The molecule has 0 spiro atoms. The van der Waals surface area contributed by atoms with Gasteiger partial charge < -0.3 is 10.1 Å². The number of thiol groups is 1. The molecular formula is C11H22N4O3S. The zero-order valence-electron chi connectivity index (χ0n) is 11.7. The first-order valence-electron chi connectivity index (χ1n) is 5.91. The molecule has 0 aliphatic rings. The van der Waals surface area contributed by atoms with E-state index in [1.54, 1.807) is 20.8 Å². The SMILES string of the molecule is CC(=N)NC(=O)N(S)CCCNC(=O)OC(C)(C)C. The van der Waals surface area contributed by atoms with Crippen molar-refractivity contribution in [2.75, 3.05) is 13.1 Å². The quantitative estimate of drug-likeness (QED) is 0.275. The van der Waals surface area contributed by atoms with Crippen molar-refractivity contribution in [2.45, 2.75) is 39.7 Å². The Bertz CT molecular complexity index is 341. The summed E-state index contributed by atoms with van der Waals surface area (Å²) in [5.74, 6) is 0.0518. The van der Waals surface area contributed by atoms with Crippen molar-refractivity contribution in [3.63, 3.8) is 0 Å². The second-order valence-electron chi connectivity index (χ2n) is 4.96. The number of alkyl carbamates (subject to hydrolysis) is 1. The highest BCUT2D eigenvalue weighted by Gasteiger charge is 2.15. The maximum Gasteiger partial charge on any atom is 0.407 e. The van der Waals surface area contributed by atoms with Crippen LogP contribution in [-0.4, -0.2) is 41.0 Å². The van der Waals surface area contributed by atoms with Gasteiger partial charge in [-0.25, -0.2) is 9.59 Å². The van der Waals surface area contributed by atoms with Gasteiger partial charge in [-0.05, 0) is 34.1 Å². The van der Waals surface area contributed by atoms with Gasteiger partial charge in [-0.15, -0.1) is 0 Å². The first-order valence-corrected chi connectivity index (χ1v) is 6.31. The van der Waals surface area contributed by atoms with Crippen molar-refractivity contribution in [1.82, 2.24) is 14.9 Å². The molecule has 0 aromatic carbocycles. The summed E-state index contributed by atoms with van der Waals surface area (Å²) in [7, 11) is 0. The third-order valence-electron chi connectivity index (χ3n) is 1.74. The van der Waals surface area contributed by atoms with E-state index in [9.17, 15) is 9.59 Å². The molecule has 0 aliphatic heterocycles. The average molecular weight is 290 g/mol. The molecule has 0 aliphatic carbocycles. The number of rotatable bonds is 4. The van der Waals surface area contributed by atoms with Gasteiger partial charge in [-0.1, -0.05) is 12.8 Å². The average Bonchev–Trinajstić information content (AvgIpc) is 2.20. The van der Waals surface area contributed by atoms with Crippen molar-refractivity contribution >= 4 is 30.8 Å². The number of nitrogens with one attached hydrogen (secondary N) is 3. The molecule has 0 heterocycles. The van der Waals surface area contributed by atoms with E-state index in [-0.39, 0.29) is 5.84 Å². The number of carbonyl (C=O) groups excluding carboxylic acids is 2. The van der Waals surface area contributed by atoms with Gasteiger partial charge in [0.05, 0.1) is 5.84 Å². The maximum absolute atomic E-state index is 11.4. The highest BCUT2D eigenvalue weighted by atomic mass is 32.1. The predicted molar refractivity (Wildman–Crippen MR) is 76.5 cm³/mol. The molecule has 7 nitrogen and oxygen atoms in total. The maximum atomic E-state index is 11.4. The van der Waals surface area contributed by atoms with Gasteiger partial charge in [0.1, 0.15) is 5.60 Å². The fourth-order valence-corrected chi connectivity index (χ4v) is 1.25. The Labute approximate surface area is 119 Å². The van der Waals surface area contributed by atoms with E-state index < -0.39 is 17.7 Å². The summed E-state index contributed by atoms with van der Waals surface area (Å²) >= 11 is 3.97. The topological polar surface area (TPSA) is 94.5 Å². The highest BCUT2D eigenvalue weighted by Crippen LogP contribution is 2.06. The lowest BCUT2D eigenvalue weighted by atomic mass is 10.2. The summed E-state index contributed by atoms with van der Waals surface area (Å²) < 4.78 is 6.20. The van der Waals surface area contributed by atoms with Crippen LogP contribution in [0.2, 0.25) is 0 Å². The standard InChI is InChI=1S/C11H22N4O3S/c1-8(12)14-9(16)15(19)7-5-6-13-10(17)18-11(2,3)4/h19H,5-7H2,1-4H3,(H,13,17)(H2,12,14,16). The summed E-state index contributed by atoms with van der Waals surface area (Å²) in [5.41, 5.74) is -0.527. The minimum Gasteiger partial charge on any atom is -0.444 e. The van der Waals surface area contributed by atoms with E-state index in [0.29, 0.717) is 19.5 Å². The Hall–Kier alpha value is -1.44. The molecule has 0 fully saturated rings. The van der Waals surface area contributed by atoms with Gasteiger partial charge in [0.25, 0.3) is 0 Å². The summed E-state index contributed by atoms with van der Waals surface area (Å²) in [6.07, 6.45) is 0.0470. The van der Waals surface area contributed by atoms with E-state index in [1.165, 1.54) is 6.92 Å². The van der Waals surface area contributed by atoms with Crippen molar-refractivity contribution in [1.29, 1.82) is 5.41 Å². The smallest absolute Gasteiger partial charge is 0.407 e. The summed E-state index contributed by atoms with van der Waals surface area (Å²) in [6, 6.07) is -0.465. The molecule has 19 heavy (non-hydrogen) atoms. The van der Waals surface area contributed by atoms with Crippen molar-refractivity contribution in [3.05, 3.63) is 0 Å². The normalized spacial score (nSPS) is 10.6. The van der Waals surface area contributed by atoms with Crippen molar-refractivity contribution in [3.8, 4) is 0 Å². The van der Waals surface area contributed by atoms with E-state index in [0.717, 1.165) is 4.31 Å². The number of hydrogen-bond acceptors (Lipinski definition) is 5. The number of amides is 3. The van der Waals surface area contributed by atoms with E-state index in [2.05, 4.69) is 23.4 Å². The molecule has 0 unspecified atom stereocenters. The molecule has 0 atom stereocenters. The lowest BCUT2D eigenvalue weighted by Crippen LogP contribution is -2.38. The van der Waals surface area contributed by atoms with Crippen molar-refractivity contribution < 1.29 is 14.3 Å². The predicted octanol–water partition coefficient (Wildman–Crippen LogP) is 1.75. The van der Waals surface area contributed by atoms with Crippen molar-refractivity contribution in [2.24, 2.45) is 0 Å². The van der Waals surface area contributed by atoms with E-state index in [1.807, 2.05) is 0 Å². The van der Waals surface area contributed by atoms with Crippen LogP contribution >= 0.6 is 12.8 Å². The molecule has 0 aromatic heterocycles. The van der Waals surface area contributed by atoms with Crippen LogP contribution in [0.5, 0.6) is 0 Å². The molecule has 0 saturated carbocycles. The Morgan fingerprint density at radius 2 is 1.95 bits per heavy atom. The fraction of sp³-hybridized carbons (Fsp3) is 0.727. The Balaban J connectivity index is 3.77. The van der Waals surface area contributed by atoms with Gasteiger partial charge in [-0.2, -0.15) is 0 Å². The first-order chi connectivity index (χ1) is 8.61. The van der Waals surface area contributed by atoms with Gasteiger partial charge in [0.15, 0.2) is 0 Å². The number of carbonyl (C=O) groups is 2. The Kier molecular flexibility index (Phi) is 7.28. The minimum absolute atomic E-state index is 0.0518. The zero-order chi connectivity index (χ0) is 15.1. The number of hydrogen-bond donors (Lipinski definition) is 4. The largest absolute Gasteiger partial charge is 0.444 e. The van der Waals surface area contributed by atoms with E-state index in [4.69, 9.17) is 10.1 Å². The number of nitrogens with zero attached hydrogens (tertiary/aromatic N) is 1. The monoisotopic (exact) mass is 290 g/mol. The summed E-state index contributed by atoms with van der Waals surface area (Å²) in [5, 5.41) is 12.0. The van der Waals surface area contributed by atoms with Gasteiger partial charge >= 0.3 is 12.1 Å². The lowest BCUT2D eigenvalue weighted by Gasteiger charge is -2.20. The number of urea groups is 1. The molecule has 0 bridgehead atoms. The molecule has 8 heteroatoms. The van der Waals surface area contributed by atoms with E-state index >= 15 is 0 Å². The number of amidine groups is 1. The molecular weight excluding hydrogens is 268 g/mol. The van der Waals surface area contributed by atoms with Crippen LogP contribution in [0.25, 0.3) is 0 Å². The Morgan fingerprint density at radius 1 is 1.37 bits per heavy atom. The van der Waals surface area contributed by atoms with Crippen LogP contribution in [0.15, 0.2) is 0 Å². The lowest BCUT2D eigenvalue weighted by molar-refractivity contribution is 0.0527. The van der Waals surface area contributed by atoms with Crippen LogP contribution < -0.4 is 10.6 Å². The number of ether oxygens (including phenoxy) is 1. The second-order valence-corrected chi connectivity index (χ2v) is 5.44. The molecule has 0 radical (unpaired) electrons. The highest BCUT2D eigenvalue weighted by molar-refractivity contribution is 7.78. The molecule has 3 N–H and O–H groups in total. The van der Waals surface area contributed by atoms with Crippen LogP contribution in [0, 0.1) is 5.41 Å². The van der Waals surface area contributed by atoms with Gasteiger partial charge in [0, 0.05) is 13.1 Å². The van der Waals surface area contributed by atoms with Crippen LogP contribution in [-0.2, 0) is 4.74 Å². The van der Waals surface area contributed by atoms with Crippen LogP contribution in [0.3, 0.4) is 0 Å². The fourth-order valence-electron chi connectivity index (χ4n) is 1.06. The first kappa shape index (κ1) is 17.6. The molecule has 0 rings (SSSR count). The third-order valence-corrected chi connectivity index (χ3v) is 2.13. The van der Waals surface area contributed by atoms with Gasteiger partial charge in [-0.3, -0.25) is 15.0 Å².